The van der Waals surface area contributed by atoms with Crippen molar-refractivity contribution in [1.82, 2.24) is 5.32 Å². The molecule has 0 saturated carbocycles. The summed E-state index contributed by atoms with van der Waals surface area (Å²) in [7, 11) is 1.64. The molecule has 3 heteroatoms. The predicted molar refractivity (Wildman–Crippen MR) is 94.0 cm³/mol. The summed E-state index contributed by atoms with van der Waals surface area (Å²) in [5, 5.41) is 3.03. The fraction of sp³-hybridized carbons (Fsp3) is 0.350. The lowest BCUT2D eigenvalue weighted by atomic mass is 9.86. The SMILES string of the molecule is COc1ccc([C@H](C)NC(=O)c2ccc(C(C)(C)C)cc2)cc1. The molecule has 2 aromatic carbocycles. The van der Waals surface area contributed by atoms with Gasteiger partial charge in [0.2, 0.25) is 0 Å². The molecule has 0 aliphatic carbocycles. The molecular formula is C20H25NO2. The van der Waals surface area contributed by atoms with Gasteiger partial charge in [-0.2, -0.15) is 0 Å². The van der Waals surface area contributed by atoms with Gasteiger partial charge in [-0.1, -0.05) is 45.0 Å². The molecule has 0 aromatic heterocycles. The molecule has 2 rings (SSSR count). The molecule has 3 nitrogen and oxygen atoms in total. The summed E-state index contributed by atoms with van der Waals surface area (Å²) < 4.78 is 5.15. The van der Waals surface area contributed by atoms with Gasteiger partial charge in [0.05, 0.1) is 13.2 Å². The second-order valence-electron chi connectivity index (χ2n) is 6.80. The largest absolute Gasteiger partial charge is 0.497 e. The molecule has 122 valence electrons. The van der Waals surface area contributed by atoms with Crippen LogP contribution in [-0.4, -0.2) is 13.0 Å². The van der Waals surface area contributed by atoms with Crippen molar-refractivity contribution in [3.05, 3.63) is 65.2 Å². The van der Waals surface area contributed by atoms with E-state index in [1.807, 2.05) is 55.5 Å². The van der Waals surface area contributed by atoms with Crippen LogP contribution in [0.2, 0.25) is 0 Å². The smallest absolute Gasteiger partial charge is 0.251 e. The molecule has 0 spiro atoms. The number of hydrogen-bond donors (Lipinski definition) is 1. The van der Waals surface area contributed by atoms with E-state index in [-0.39, 0.29) is 17.4 Å². The Morgan fingerprint density at radius 3 is 2.04 bits per heavy atom. The van der Waals surface area contributed by atoms with Crippen LogP contribution >= 0.6 is 0 Å². The van der Waals surface area contributed by atoms with E-state index >= 15 is 0 Å². The van der Waals surface area contributed by atoms with Crippen LogP contribution in [0.15, 0.2) is 48.5 Å². The van der Waals surface area contributed by atoms with E-state index in [0.717, 1.165) is 11.3 Å². The van der Waals surface area contributed by atoms with Crippen LogP contribution in [0.3, 0.4) is 0 Å². The molecule has 0 fully saturated rings. The third-order valence-electron chi connectivity index (χ3n) is 3.98. The Bertz CT molecular complexity index is 652. The zero-order valence-corrected chi connectivity index (χ0v) is 14.5. The topological polar surface area (TPSA) is 38.3 Å². The standard InChI is InChI=1S/C20H25NO2/c1-14(15-8-12-18(23-5)13-9-15)21-19(22)16-6-10-17(11-7-16)20(2,3)4/h6-14H,1-5H3,(H,21,22)/t14-/m0/s1. The first-order valence-electron chi connectivity index (χ1n) is 7.86. The summed E-state index contributed by atoms with van der Waals surface area (Å²) in [6.07, 6.45) is 0. The number of nitrogens with one attached hydrogen (secondary N) is 1. The Balaban J connectivity index is 2.05. The summed E-state index contributed by atoms with van der Waals surface area (Å²) in [6.45, 7) is 8.46. The Morgan fingerprint density at radius 2 is 1.57 bits per heavy atom. The summed E-state index contributed by atoms with van der Waals surface area (Å²) in [4.78, 5) is 12.4. The first kappa shape index (κ1) is 17.1. The van der Waals surface area contributed by atoms with Crippen molar-refractivity contribution in [2.45, 2.75) is 39.2 Å². The molecule has 0 aliphatic rings. The zero-order valence-electron chi connectivity index (χ0n) is 14.5. The van der Waals surface area contributed by atoms with E-state index in [9.17, 15) is 4.79 Å². The highest BCUT2D eigenvalue weighted by atomic mass is 16.5. The number of benzene rings is 2. The van der Waals surface area contributed by atoms with E-state index in [0.29, 0.717) is 5.56 Å². The second-order valence-corrected chi connectivity index (χ2v) is 6.80. The van der Waals surface area contributed by atoms with Crippen LogP contribution in [0.1, 0.15) is 55.2 Å². The van der Waals surface area contributed by atoms with Gasteiger partial charge in [0, 0.05) is 5.56 Å². The molecule has 0 saturated heterocycles. The van der Waals surface area contributed by atoms with Crippen molar-refractivity contribution >= 4 is 5.91 Å². The molecule has 1 atom stereocenters. The number of amides is 1. The van der Waals surface area contributed by atoms with Gasteiger partial charge in [0.25, 0.3) is 5.91 Å². The zero-order chi connectivity index (χ0) is 17.0. The van der Waals surface area contributed by atoms with Crippen molar-refractivity contribution in [2.75, 3.05) is 7.11 Å². The monoisotopic (exact) mass is 311 g/mol. The van der Waals surface area contributed by atoms with Gasteiger partial charge in [-0.15, -0.1) is 0 Å². The average molecular weight is 311 g/mol. The number of rotatable bonds is 4. The third-order valence-corrected chi connectivity index (χ3v) is 3.98. The number of hydrogen-bond acceptors (Lipinski definition) is 2. The molecule has 1 N–H and O–H groups in total. The van der Waals surface area contributed by atoms with Crippen LogP contribution in [0.5, 0.6) is 5.75 Å². The minimum atomic E-state index is -0.0613. The van der Waals surface area contributed by atoms with Gasteiger partial charge in [0.1, 0.15) is 5.75 Å². The molecular weight excluding hydrogens is 286 g/mol. The molecule has 0 bridgehead atoms. The molecule has 1 amide bonds. The molecule has 0 heterocycles. The summed E-state index contributed by atoms with van der Waals surface area (Å²) in [5.74, 6) is 0.749. The van der Waals surface area contributed by atoms with Crippen molar-refractivity contribution in [2.24, 2.45) is 0 Å². The lowest BCUT2D eigenvalue weighted by Crippen LogP contribution is -2.26. The quantitative estimate of drug-likeness (QED) is 0.904. The van der Waals surface area contributed by atoms with Gasteiger partial charge in [0.15, 0.2) is 0 Å². The Labute approximate surface area is 138 Å². The Hall–Kier alpha value is -2.29. The fourth-order valence-electron chi connectivity index (χ4n) is 2.38. The minimum absolute atomic E-state index is 0.0595. The minimum Gasteiger partial charge on any atom is -0.497 e. The normalized spacial score (nSPS) is 12.6. The third kappa shape index (κ3) is 4.35. The summed E-state index contributed by atoms with van der Waals surface area (Å²) in [5.41, 5.74) is 3.03. The first-order valence-corrected chi connectivity index (χ1v) is 7.86. The van der Waals surface area contributed by atoms with Gasteiger partial charge in [-0.05, 0) is 47.7 Å². The molecule has 0 radical (unpaired) electrons. The first-order chi connectivity index (χ1) is 10.8. The second kappa shape index (κ2) is 6.86. The maximum atomic E-state index is 12.4. The number of carbonyl (C=O) groups is 1. The Morgan fingerprint density at radius 1 is 1.00 bits per heavy atom. The fourth-order valence-corrected chi connectivity index (χ4v) is 2.38. The van der Waals surface area contributed by atoms with Crippen LogP contribution < -0.4 is 10.1 Å². The highest BCUT2D eigenvalue weighted by Gasteiger charge is 2.15. The van der Waals surface area contributed by atoms with Gasteiger partial charge >= 0.3 is 0 Å². The molecule has 23 heavy (non-hydrogen) atoms. The highest BCUT2D eigenvalue weighted by Crippen LogP contribution is 2.22. The van der Waals surface area contributed by atoms with Crippen LogP contribution in [0.4, 0.5) is 0 Å². The lowest BCUT2D eigenvalue weighted by molar-refractivity contribution is 0.0940. The van der Waals surface area contributed by atoms with E-state index in [1.165, 1.54) is 5.56 Å². The van der Waals surface area contributed by atoms with E-state index < -0.39 is 0 Å². The van der Waals surface area contributed by atoms with Crippen molar-refractivity contribution < 1.29 is 9.53 Å². The van der Waals surface area contributed by atoms with Crippen molar-refractivity contribution in [3.8, 4) is 5.75 Å². The Kier molecular flexibility index (Phi) is 5.09. The van der Waals surface area contributed by atoms with Crippen molar-refractivity contribution in [1.29, 1.82) is 0 Å². The van der Waals surface area contributed by atoms with Crippen LogP contribution in [0.25, 0.3) is 0 Å². The predicted octanol–water partition coefficient (Wildman–Crippen LogP) is 4.48. The van der Waals surface area contributed by atoms with E-state index in [4.69, 9.17) is 4.74 Å². The van der Waals surface area contributed by atoms with E-state index in [1.54, 1.807) is 7.11 Å². The van der Waals surface area contributed by atoms with Gasteiger partial charge in [-0.25, -0.2) is 0 Å². The number of carbonyl (C=O) groups excluding carboxylic acids is 1. The molecule has 0 aliphatic heterocycles. The maximum Gasteiger partial charge on any atom is 0.251 e. The average Bonchev–Trinajstić information content (AvgIpc) is 2.54. The van der Waals surface area contributed by atoms with Gasteiger partial charge < -0.3 is 10.1 Å². The van der Waals surface area contributed by atoms with Crippen molar-refractivity contribution in [3.63, 3.8) is 0 Å². The molecule has 0 unspecified atom stereocenters. The number of methoxy groups -OCH3 is 1. The maximum absolute atomic E-state index is 12.4. The lowest BCUT2D eigenvalue weighted by Gasteiger charge is -2.19. The summed E-state index contributed by atoms with van der Waals surface area (Å²) >= 11 is 0. The summed E-state index contributed by atoms with van der Waals surface area (Å²) in [6, 6.07) is 15.5. The van der Waals surface area contributed by atoms with Crippen LogP contribution in [-0.2, 0) is 5.41 Å². The van der Waals surface area contributed by atoms with Gasteiger partial charge in [-0.3, -0.25) is 4.79 Å². The number of ether oxygens (including phenoxy) is 1. The van der Waals surface area contributed by atoms with E-state index in [2.05, 4.69) is 26.1 Å². The highest BCUT2D eigenvalue weighted by molar-refractivity contribution is 5.94. The molecule has 2 aromatic rings. The van der Waals surface area contributed by atoms with Crippen LogP contribution in [0, 0.1) is 0 Å².